The highest BCUT2D eigenvalue weighted by atomic mass is 16.5. The Kier molecular flexibility index (Phi) is 7.60. The highest BCUT2D eigenvalue weighted by molar-refractivity contribution is 5.97. The van der Waals surface area contributed by atoms with Gasteiger partial charge in [0.25, 0.3) is 0 Å². The van der Waals surface area contributed by atoms with Crippen molar-refractivity contribution in [1.82, 2.24) is 4.98 Å². The summed E-state index contributed by atoms with van der Waals surface area (Å²) in [5, 5.41) is 10.1. The lowest BCUT2D eigenvalue weighted by Gasteiger charge is -2.03. The van der Waals surface area contributed by atoms with Gasteiger partial charge in [-0.3, -0.25) is 9.78 Å². The molecule has 0 aliphatic rings. The molecule has 0 saturated heterocycles. The Morgan fingerprint density at radius 3 is 2.00 bits per heavy atom. The maximum Gasteiger partial charge on any atom is 0.337 e. The molecule has 0 saturated carbocycles. The molecular weight excluding hydrogens is 358 g/mol. The van der Waals surface area contributed by atoms with Gasteiger partial charge in [-0.15, -0.1) is 0 Å². The van der Waals surface area contributed by atoms with E-state index in [4.69, 9.17) is 0 Å². The first-order valence-corrected chi connectivity index (χ1v) is 8.38. The smallest absolute Gasteiger partial charge is 0.337 e. The molecule has 1 heterocycles. The molecule has 0 aliphatic heterocycles. The molecule has 0 fully saturated rings. The number of carboxylic acid groups (broad SMARTS) is 1. The van der Waals surface area contributed by atoms with Crippen molar-refractivity contribution in [3.05, 3.63) is 101 Å². The van der Waals surface area contributed by atoms with Gasteiger partial charge in [0.05, 0.1) is 18.6 Å². The Hall–Kier alpha value is -3.80. The van der Waals surface area contributed by atoms with E-state index in [0.29, 0.717) is 11.1 Å². The normalized spacial score (nSPS) is 9.61. The molecule has 142 valence electrons. The number of rotatable bonds is 5. The number of esters is 1. The third kappa shape index (κ3) is 6.17. The van der Waals surface area contributed by atoms with Crippen LogP contribution >= 0.6 is 0 Å². The van der Waals surface area contributed by atoms with Gasteiger partial charge in [0.2, 0.25) is 0 Å². The second-order valence-corrected chi connectivity index (χ2v) is 5.68. The van der Waals surface area contributed by atoms with Crippen molar-refractivity contribution in [3.8, 4) is 0 Å². The van der Waals surface area contributed by atoms with Gasteiger partial charge >= 0.3 is 5.97 Å². The van der Waals surface area contributed by atoms with Gasteiger partial charge in [-0.25, -0.2) is 4.79 Å². The lowest BCUT2D eigenvalue weighted by atomic mass is 10.0. The highest BCUT2D eigenvalue weighted by Gasteiger charge is 2.08. The number of pyridine rings is 1. The SMILES string of the molecule is COC(=O)c1ccc(CC(=O)c2cccnc2)cc1.O=C([O-])c1ccccc1. The molecule has 0 radical (unpaired) electrons. The zero-order chi connectivity index (χ0) is 20.4. The molecule has 0 unspecified atom stereocenters. The topological polar surface area (TPSA) is 96.4 Å². The van der Waals surface area contributed by atoms with Crippen LogP contribution in [-0.4, -0.2) is 29.8 Å². The van der Waals surface area contributed by atoms with E-state index >= 15 is 0 Å². The number of hydrogen-bond donors (Lipinski definition) is 0. The van der Waals surface area contributed by atoms with Gasteiger partial charge in [0, 0.05) is 24.4 Å². The van der Waals surface area contributed by atoms with Gasteiger partial charge in [-0.2, -0.15) is 0 Å². The molecule has 3 rings (SSSR count). The van der Waals surface area contributed by atoms with Crippen molar-refractivity contribution >= 4 is 17.7 Å². The van der Waals surface area contributed by atoms with Crippen LogP contribution in [0.1, 0.15) is 36.6 Å². The molecule has 0 aliphatic carbocycles. The monoisotopic (exact) mass is 376 g/mol. The van der Waals surface area contributed by atoms with E-state index in [0.717, 1.165) is 5.56 Å². The predicted molar refractivity (Wildman–Crippen MR) is 101 cm³/mol. The molecule has 0 amide bonds. The first-order valence-electron chi connectivity index (χ1n) is 8.38. The predicted octanol–water partition coefficient (Wildman–Crippen LogP) is 2.34. The lowest BCUT2D eigenvalue weighted by molar-refractivity contribution is -0.255. The first-order chi connectivity index (χ1) is 13.5. The molecule has 0 N–H and O–H groups in total. The molecule has 3 aromatic rings. The van der Waals surface area contributed by atoms with E-state index in [2.05, 4.69) is 9.72 Å². The zero-order valence-electron chi connectivity index (χ0n) is 15.2. The number of ketones is 1. The van der Waals surface area contributed by atoms with E-state index in [1.807, 2.05) is 0 Å². The molecule has 6 heteroatoms. The standard InChI is InChI=1S/C15H13NO3.C7H6O2/c1-19-15(18)12-6-4-11(5-7-12)9-14(17)13-3-2-8-16-10-13;8-7(9)6-4-2-1-3-5-6/h2-8,10H,9H2,1H3;1-5H,(H,8,9)/p-1. The average molecular weight is 376 g/mol. The number of aromatic nitrogens is 1. The van der Waals surface area contributed by atoms with E-state index in [9.17, 15) is 19.5 Å². The number of Topliss-reactive ketones (excluding diaryl/α,β-unsaturated/α-hetero) is 1. The molecule has 0 bridgehead atoms. The van der Waals surface area contributed by atoms with Gasteiger partial charge in [-0.1, -0.05) is 42.5 Å². The average Bonchev–Trinajstić information content (AvgIpc) is 2.75. The summed E-state index contributed by atoms with van der Waals surface area (Å²) in [6.45, 7) is 0. The molecule has 28 heavy (non-hydrogen) atoms. The molecule has 6 nitrogen and oxygen atoms in total. The number of ether oxygens (including phenoxy) is 1. The van der Waals surface area contributed by atoms with Gasteiger partial charge in [0.15, 0.2) is 5.78 Å². The number of hydrogen-bond acceptors (Lipinski definition) is 6. The van der Waals surface area contributed by atoms with Crippen LogP contribution in [0, 0.1) is 0 Å². The maximum atomic E-state index is 12.0. The Bertz CT molecular complexity index is 922. The second kappa shape index (κ2) is 10.4. The number of carboxylic acids is 1. The second-order valence-electron chi connectivity index (χ2n) is 5.68. The van der Waals surface area contributed by atoms with Crippen molar-refractivity contribution in [2.24, 2.45) is 0 Å². The molecule has 0 spiro atoms. The summed E-state index contributed by atoms with van der Waals surface area (Å²) in [7, 11) is 1.34. The summed E-state index contributed by atoms with van der Waals surface area (Å²) in [6.07, 6.45) is 3.46. The number of nitrogens with zero attached hydrogens (tertiary/aromatic N) is 1. The Labute approximate surface area is 162 Å². The fourth-order valence-electron chi connectivity index (χ4n) is 2.27. The van der Waals surface area contributed by atoms with Crippen molar-refractivity contribution in [2.45, 2.75) is 6.42 Å². The Morgan fingerprint density at radius 2 is 1.50 bits per heavy atom. The van der Waals surface area contributed by atoms with E-state index in [-0.39, 0.29) is 23.7 Å². The van der Waals surface area contributed by atoms with Crippen LogP contribution in [0.3, 0.4) is 0 Å². The minimum atomic E-state index is -1.13. The fourth-order valence-corrected chi connectivity index (χ4v) is 2.27. The Morgan fingerprint density at radius 1 is 0.857 bits per heavy atom. The van der Waals surface area contributed by atoms with Crippen LogP contribution < -0.4 is 5.11 Å². The number of methoxy groups -OCH3 is 1. The summed E-state index contributed by atoms with van der Waals surface area (Å²) in [5.41, 5.74) is 2.12. The first kappa shape index (κ1) is 20.5. The largest absolute Gasteiger partial charge is 0.545 e. The Balaban J connectivity index is 0.000000261. The van der Waals surface area contributed by atoms with Crippen LogP contribution in [0.5, 0.6) is 0 Å². The van der Waals surface area contributed by atoms with Crippen molar-refractivity contribution in [3.63, 3.8) is 0 Å². The summed E-state index contributed by atoms with van der Waals surface area (Å²) >= 11 is 0. The summed E-state index contributed by atoms with van der Waals surface area (Å²) in [5.74, 6) is -1.51. The molecule has 0 atom stereocenters. The number of carbonyl (C=O) groups excluding carboxylic acids is 3. The van der Waals surface area contributed by atoms with E-state index < -0.39 is 5.97 Å². The van der Waals surface area contributed by atoms with Gasteiger partial charge in [0.1, 0.15) is 0 Å². The number of benzene rings is 2. The van der Waals surface area contributed by atoms with Gasteiger partial charge in [-0.05, 0) is 35.4 Å². The van der Waals surface area contributed by atoms with Crippen molar-refractivity contribution < 1.29 is 24.2 Å². The van der Waals surface area contributed by atoms with Crippen LogP contribution in [0.4, 0.5) is 0 Å². The number of carbonyl (C=O) groups is 3. The van der Waals surface area contributed by atoms with E-state index in [1.54, 1.807) is 67.0 Å². The summed E-state index contributed by atoms with van der Waals surface area (Å²) < 4.78 is 4.61. The van der Waals surface area contributed by atoms with Crippen LogP contribution in [-0.2, 0) is 11.2 Å². The van der Waals surface area contributed by atoms with Crippen molar-refractivity contribution in [2.75, 3.05) is 7.11 Å². The molecule has 1 aromatic heterocycles. The minimum absolute atomic E-state index is 0.00100. The fraction of sp³-hybridized carbons (Fsp3) is 0.0909. The summed E-state index contributed by atoms with van der Waals surface area (Å²) in [4.78, 5) is 37.2. The third-order valence-corrected chi connectivity index (χ3v) is 3.73. The van der Waals surface area contributed by atoms with Crippen LogP contribution in [0.15, 0.2) is 79.1 Å². The van der Waals surface area contributed by atoms with Crippen LogP contribution in [0.2, 0.25) is 0 Å². The van der Waals surface area contributed by atoms with E-state index in [1.165, 1.54) is 19.2 Å². The lowest BCUT2D eigenvalue weighted by Crippen LogP contribution is -2.21. The van der Waals surface area contributed by atoms with Crippen molar-refractivity contribution in [1.29, 1.82) is 0 Å². The molecule has 2 aromatic carbocycles. The summed E-state index contributed by atoms with van der Waals surface area (Å²) in [6, 6.07) is 18.3. The quantitative estimate of drug-likeness (QED) is 0.501. The van der Waals surface area contributed by atoms with Crippen LogP contribution in [0.25, 0.3) is 0 Å². The third-order valence-electron chi connectivity index (χ3n) is 3.73. The van der Waals surface area contributed by atoms with Gasteiger partial charge < -0.3 is 14.6 Å². The zero-order valence-corrected chi connectivity index (χ0v) is 15.2. The minimum Gasteiger partial charge on any atom is -0.545 e. The molecular formula is C22H18NO5-. The highest BCUT2D eigenvalue weighted by Crippen LogP contribution is 2.09. The maximum absolute atomic E-state index is 12.0. The number of aromatic carboxylic acids is 1.